The van der Waals surface area contributed by atoms with E-state index in [-0.39, 0.29) is 19.4 Å². The molecule has 1 fully saturated rings. The second kappa shape index (κ2) is 40.0. The van der Waals surface area contributed by atoms with Crippen LogP contribution in [-0.2, 0) is 33.3 Å². The molecule has 11 nitrogen and oxygen atoms in total. The monoisotopic (exact) mass is 863 g/mol. The molecule has 0 amide bonds. The van der Waals surface area contributed by atoms with E-state index in [1.807, 2.05) is 0 Å². The average molecular weight is 863 g/mol. The minimum absolute atomic E-state index is 0.171. The van der Waals surface area contributed by atoms with E-state index in [4.69, 9.17) is 18.9 Å². The number of carboxylic acids is 1. The molecule has 0 bridgehead atoms. The zero-order valence-electron chi connectivity index (χ0n) is 38.1. The fraction of sp³-hybridized carbons (Fsp3) is 0.780. The Kier molecular flexibility index (Phi) is 36.8. The van der Waals surface area contributed by atoms with E-state index in [1.54, 1.807) is 0 Å². The first-order chi connectivity index (χ1) is 29.7. The third kappa shape index (κ3) is 31.6. The number of hydrogen-bond donors (Lipinski definition) is 4. The normalized spacial score (nSPS) is 20.0. The van der Waals surface area contributed by atoms with Gasteiger partial charge in [-0.2, -0.15) is 0 Å². The molecular formula is C50H86O11. The fourth-order valence-corrected chi connectivity index (χ4v) is 7.06. The molecule has 4 N–H and O–H groups in total. The summed E-state index contributed by atoms with van der Waals surface area (Å²) in [7, 11) is 0. The Balaban J connectivity index is 2.35. The highest BCUT2D eigenvalue weighted by Crippen LogP contribution is 2.23. The molecule has 1 saturated heterocycles. The van der Waals surface area contributed by atoms with Crippen LogP contribution in [0.5, 0.6) is 0 Å². The predicted molar refractivity (Wildman–Crippen MR) is 243 cm³/mol. The number of ether oxygens (including phenoxy) is 4. The number of rotatable bonds is 40. The van der Waals surface area contributed by atoms with Crippen molar-refractivity contribution >= 4 is 17.9 Å². The van der Waals surface area contributed by atoms with Crippen LogP contribution in [0.3, 0.4) is 0 Å². The Bertz CT molecular complexity index is 1200. The standard InChI is InChI=1S/C50H86O11/c1-3-5-7-9-11-13-15-17-19-21-23-24-26-28-30-32-34-36-38-43(51)58-40-42(41-59-50-47(55)45(53)46(54)48(61-50)49(56)57)60-44(52)39-37-35-33-31-29-27-25-22-20-18-16-14-12-10-8-6-4-2/h12-15,18-21,42,45-48,50,53-55H,3-11,16-17,22-41H2,1-2H3,(H,56,57)/b14-12-,15-13-,20-18-,21-19-. The predicted octanol–water partition coefficient (Wildman–Crippen LogP) is 10.9. The minimum atomic E-state index is -1.86. The van der Waals surface area contributed by atoms with Gasteiger partial charge in [-0.1, -0.05) is 159 Å². The summed E-state index contributed by atoms with van der Waals surface area (Å²) in [5.74, 6) is -2.46. The lowest BCUT2D eigenvalue weighted by Crippen LogP contribution is -2.60. The Hall–Kier alpha value is -2.83. The van der Waals surface area contributed by atoms with E-state index in [1.165, 1.54) is 89.9 Å². The number of aliphatic carboxylic acids is 1. The molecule has 1 heterocycles. The van der Waals surface area contributed by atoms with Crippen molar-refractivity contribution in [2.75, 3.05) is 13.2 Å². The van der Waals surface area contributed by atoms with Crippen LogP contribution in [0.2, 0.25) is 0 Å². The second-order valence-corrected chi connectivity index (χ2v) is 16.6. The van der Waals surface area contributed by atoms with Crippen LogP contribution < -0.4 is 0 Å². The molecule has 0 spiro atoms. The van der Waals surface area contributed by atoms with E-state index < -0.39 is 61.3 Å². The van der Waals surface area contributed by atoms with Crippen molar-refractivity contribution in [1.29, 1.82) is 0 Å². The molecule has 11 heteroatoms. The highest BCUT2D eigenvalue weighted by molar-refractivity contribution is 5.73. The summed E-state index contributed by atoms with van der Waals surface area (Å²) in [6.07, 6.45) is 38.6. The molecule has 61 heavy (non-hydrogen) atoms. The van der Waals surface area contributed by atoms with Crippen molar-refractivity contribution in [3.8, 4) is 0 Å². The molecule has 6 atom stereocenters. The van der Waals surface area contributed by atoms with Gasteiger partial charge in [0, 0.05) is 12.8 Å². The van der Waals surface area contributed by atoms with Gasteiger partial charge < -0.3 is 39.4 Å². The summed E-state index contributed by atoms with van der Waals surface area (Å²) < 4.78 is 21.8. The van der Waals surface area contributed by atoms with Crippen LogP contribution in [-0.4, -0.2) is 88.4 Å². The highest BCUT2D eigenvalue weighted by Gasteiger charge is 2.47. The van der Waals surface area contributed by atoms with Crippen LogP contribution in [0.1, 0.15) is 200 Å². The average Bonchev–Trinajstić information content (AvgIpc) is 3.24. The lowest BCUT2D eigenvalue weighted by atomic mass is 9.99. The van der Waals surface area contributed by atoms with Crippen LogP contribution in [0.25, 0.3) is 0 Å². The Morgan fingerprint density at radius 2 is 0.918 bits per heavy atom. The molecule has 0 aromatic heterocycles. The van der Waals surface area contributed by atoms with E-state index in [9.17, 15) is 34.8 Å². The van der Waals surface area contributed by atoms with Crippen LogP contribution in [0.4, 0.5) is 0 Å². The molecule has 0 aromatic carbocycles. The van der Waals surface area contributed by atoms with Crippen molar-refractivity contribution < 1.29 is 53.8 Å². The van der Waals surface area contributed by atoms with Gasteiger partial charge in [-0.15, -0.1) is 0 Å². The number of allylic oxidation sites excluding steroid dienone is 8. The molecule has 6 unspecified atom stereocenters. The van der Waals surface area contributed by atoms with Crippen LogP contribution in [0, 0.1) is 0 Å². The molecule has 1 aliphatic rings. The first kappa shape index (κ1) is 56.2. The number of carbonyl (C=O) groups excluding carboxylic acids is 2. The topological polar surface area (TPSA) is 169 Å². The van der Waals surface area contributed by atoms with Gasteiger partial charge >= 0.3 is 17.9 Å². The molecule has 0 radical (unpaired) electrons. The van der Waals surface area contributed by atoms with Crippen LogP contribution in [0.15, 0.2) is 48.6 Å². The number of carboxylic acid groups (broad SMARTS) is 1. The smallest absolute Gasteiger partial charge is 0.335 e. The number of hydrogen-bond acceptors (Lipinski definition) is 10. The minimum Gasteiger partial charge on any atom is -0.479 e. The Morgan fingerprint density at radius 1 is 0.508 bits per heavy atom. The summed E-state index contributed by atoms with van der Waals surface area (Å²) >= 11 is 0. The summed E-state index contributed by atoms with van der Waals surface area (Å²) in [4.78, 5) is 36.9. The Morgan fingerprint density at radius 3 is 1.39 bits per heavy atom. The van der Waals surface area contributed by atoms with Crippen molar-refractivity contribution in [2.24, 2.45) is 0 Å². The molecule has 352 valence electrons. The van der Waals surface area contributed by atoms with Crippen molar-refractivity contribution in [2.45, 2.75) is 237 Å². The van der Waals surface area contributed by atoms with Crippen molar-refractivity contribution in [3.05, 3.63) is 48.6 Å². The lowest BCUT2D eigenvalue weighted by molar-refractivity contribution is -0.298. The van der Waals surface area contributed by atoms with E-state index in [2.05, 4.69) is 62.5 Å². The zero-order valence-corrected chi connectivity index (χ0v) is 38.1. The zero-order chi connectivity index (χ0) is 44.6. The fourth-order valence-electron chi connectivity index (χ4n) is 7.06. The highest BCUT2D eigenvalue weighted by atomic mass is 16.7. The Labute approximate surface area is 369 Å². The first-order valence-electron chi connectivity index (χ1n) is 24.2. The summed E-state index contributed by atoms with van der Waals surface area (Å²) in [5.41, 5.74) is 0. The maximum absolute atomic E-state index is 12.8. The van der Waals surface area contributed by atoms with Gasteiger partial charge in [0.2, 0.25) is 0 Å². The van der Waals surface area contributed by atoms with Gasteiger partial charge in [-0.05, 0) is 77.0 Å². The van der Waals surface area contributed by atoms with Crippen molar-refractivity contribution in [1.82, 2.24) is 0 Å². The van der Waals surface area contributed by atoms with Gasteiger partial charge in [-0.3, -0.25) is 9.59 Å². The number of carbonyl (C=O) groups is 3. The number of aliphatic hydroxyl groups is 3. The van der Waals surface area contributed by atoms with E-state index >= 15 is 0 Å². The molecule has 1 aliphatic heterocycles. The third-order valence-corrected chi connectivity index (χ3v) is 10.9. The van der Waals surface area contributed by atoms with E-state index in [0.717, 1.165) is 70.6 Å². The molecular weight excluding hydrogens is 777 g/mol. The quantitative estimate of drug-likeness (QED) is 0.0263. The van der Waals surface area contributed by atoms with Crippen LogP contribution >= 0.6 is 0 Å². The number of unbranched alkanes of at least 4 members (excludes halogenated alkanes) is 21. The largest absolute Gasteiger partial charge is 0.479 e. The molecule has 0 aromatic rings. The van der Waals surface area contributed by atoms with Gasteiger partial charge in [0.15, 0.2) is 18.5 Å². The van der Waals surface area contributed by atoms with Gasteiger partial charge in [0.25, 0.3) is 0 Å². The first-order valence-corrected chi connectivity index (χ1v) is 24.2. The van der Waals surface area contributed by atoms with Crippen molar-refractivity contribution in [3.63, 3.8) is 0 Å². The van der Waals surface area contributed by atoms with Gasteiger partial charge in [-0.25, -0.2) is 4.79 Å². The SMILES string of the molecule is CCCCC/C=C\C/C=C\CCCCCCCCCC(=O)OC(COC(=O)CCCCCCCCC/C=C\C/C=C\CCCCCC)COC1OC(C(=O)O)C(O)C(O)C1O. The number of esters is 2. The number of aliphatic hydroxyl groups excluding tert-OH is 3. The summed E-state index contributed by atoms with van der Waals surface area (Å²) in [6, 6.07) is 0. The summed E-state index contributed by atoms with van der Waals surface area (Å²) in [5, 5.41) is 39.9. The summed E-state index contributed by atoms with van der Waals surface area (Å²) in [6.45, 7) is 3.77. The van der Waals surface area contributed by atoms with Gasteiger partial charge in [0.05, 0.1) is 6.61 Å². The maximum atomic E-state index is 12.8. The maximum Gasteiger partial charge on any atom is 0.335 e. The molecule has 0 aliphatic carbocycles. The van der Waals surface area contributed by atoms with Gasteiger partial charge in [0.1, 0.15) is 24.9 Å². The lowest BCUT2D eigenvalue weighted by Gasteiger charge is -2.38. The third-order valence-electron chi connectivity index (χ3n) is 10.9. The molecule has 0 saturated carbocycles. The second-order valence-electron chi connectivity index (χ2n) is 16.6. The van der Waals surface area contributed by atoms with E-state index in [0.29, 0.717) is 12.8 Å². The molecule has 1 rings (SSSR count).